The van der Waals surface area contributed by atoms with Gasteiger partial charge in [0.2, 0.25) is 5.91 Å². The molecule has 1 amide bonds. The van der Waals surface area contributed by atoms with Gasteiger partial charge in [0.05, 0.1) is 13.0 Å². The van der Waals surface area contributed by atoms with Crippen LogP contribution in [0.2, 0.25) is 0 Å². The van der Waals surface area contributed by atoms with Gasteiger partial charge in [-0.2, -0.15) is 0 Å². The lowest BCUT2D eigenvalue weighted by Crippen LogP contribution is -2.03. The summed E-state index contributed by atoms with van der Waals surface area (Å²) < 4.78 is 0. The van der Waals surface area contributed by atoms with Gasteiger partial charge in [-0.05, 0) is 17.2 Å². The van der Waals surface area contributed by atoms with Crippen molar-refractivity contribution in [2.45, 2.75) is 12.5 Å². The normalized spacial score (nSPS) is 16.3. The molecule has 1 atom stereocenters. The number of anilines is 1. The highest BCUT2D eigenvalue weighted by molar-refractivity contribution is 5.99. The number of carbonyl (C=O) groups excluding carboxylic acids is 1. The van der Waals surface area contributed by atoms with Gasteiger partial charge in [0.1, 0.15) is 6.10 Å². The molecule has 4 heteroatoms. The van der Waals surface area contributed by atoms with Crippen LogP contribution in [0, 0.1) is 0 Å². The zero-order valence-corrected chi connectivity index (χ0v) is 7.53. The summed E-state index contributed by atoms with van der Waals surface area (Å²) in [6.07, 6.45) is -0.516. The van der Waals surface area contributed by atoms with E-state index in [1.54, 1.807) is 18.2 Å². The molecule has 0 saturated carbocycles. The molecule has 0 aliphatic carbocycles. The van der Waals surface area contributed by atoms with E-state index in [4.69, 9.17) is 5.11 Å². The minimum atomic E-state index is -0.865. The fraction of sp³-hybridized carbons (Fsp3) is 0.300. The molecule has 0 radical (unpaired) electrons. The number of fused-ring (bicyclic) bond motifs is 1. The molecule has 0 aromatic heterocycles. The summed E-state index contributed by atoms with van der Waals surface area (Å²) >= 11 is 0. The first-order valence-electron chi connectivity index (χ1n) is 4.42. The number of aliphatic hydroxyl groups excluding tert-OH is 2. The number of rotatable bonds is 2. The highest BCUT2D eigenvalue weighted by Gasteiger charge is 2.18. The van der Waals surface area contributed by atoms with Crippen molar-refractivity contribution in [1.82, 2.24) is 0 Å². The summed E-state index contributed by atoms with van der Waals surface area (Å²) in [5.74, 6) is -0.0318. The lowest BCUT2D eigenvalue weighted by atomic mass is 10.0. The molecule has 74 valence electrons. The molecule has 0 bridgehead atoms. The zero-order chi connectivity index (χ0) is 10.1. The number of aliphatic hydroxyl groups is 2. The van der Waals surface area contributed by atoms with Crippen molar-refractivity contribution in [1.29, 1.82) is 0 Å². The minimum absolute atomic E-state index is 0.0318. The molecule has 1 aromatic rings. The van der Waals surface area contributed by atoms with E-state index in [1.807, 2.05) is 0 Å². The van der Waals surface area contributed by atoms with Crippen LogP contribution in [0.15, 0.2) is 18.2 Å². The Morgan fingerprint density at radius 2 is 2.29 bits per heavy atom. The average molecular weight is 193 g/mol. The predicted molar refractivity (Wildman–Crippen MR) is 50.8 cm³/mol. The third-order valence-electron chi connectivity index (χ3n) is 2.31. The fourth-order valence-corrected chi connectivity index (χ4v) is 1.56. The smallest absolute Gasteiger partial charge is 0.228 e. The highest BCUT2D eigenvalue weighted by atomic mass is 16.3. The molecule has 1 heterocycles. The van der Waals surface area contributed by atoms with E-state index < -0.39 is 6.10 Å². The van der Waals surface area contributed by atoms with Gasteiger partial charge >= 0.3 is 0 Å². The van der Waals surface area contributed by atoms with Crippen LogP contribution in [0.5, 0.6) is 0 Å². The van der Waals surface area contributed by atoms with Crippen molar-refractivity contribution in [3.05, 3.63) is 29.3 Å². The second-order valence-electron chi connectivity index (χ2n) is 3.34. The van der Waals surface area contributed by atoms with E-state index in [-0.39, 0.29) is 12.5 Å². The van der Waals surface area contributed by atoms with Crippen molar-refractivity contribution < 1.29 is 15.0 Å². The lowest BCUT2D eigenvalue weighted by Gasteiger charge is -2.08. The monoisotopic (exact) mass is 193 g/mol. The SMILES string of the molecule is O=C1Cc2cc(C(O)CO)ccc2N1. The van der Waals surface area contributed by atoms with E-state index in [0.29, 0.717) is 12.0 Å². The van der Waals surface area contributed by atoms with Crippen molar-refractivity contribution in [2.75, 3.05) is 11.9 Å². The van der Waals surface area contributed by atoms with Crippen LogP contribution in [0.4, 0.5) is 5.69 Å². The molecular weight excluding hydrogens is 182 g/mol. The average Bonchev–Trinajstić information content (AvgIpc) is 2.55. The molecule has 0 saturated heterocycles. The third-order valence-corrected chi connectivity index (χ3v) is 2.31. The van der Waals surface area contributed by atoms with E-state index in [9.17, 15) is 9.90 Å². The molecule has 2 rings (SSSR count). The maximum Gasteiger partial charge on any atom is 0.228 e. The fourth-order valence-electron chi connectivity index (χ4n) is 1.56. The van der Waals surface area contributed by atoms with Crippen LogP contribution < -0.4 is 5.32 Å². The Morgan fingerprint density at radius 1 is 1.50 bits per heavy atom. The molecule has 0 spiro atoms. The highest BCUT2D eigenvalue weighted by Crippen LogP contribution is 2.26. The molecule has 1 aromatic carbocycles. The predicted octanol–water partition coefficient (Wildman–Crippen LogP) is 0.207. The summed E-state index contributed by atoms with van der Waals surface area (Å²) in [4.78, 5) is 11.0. The van der Waals surface area contributed by atoms with E-state index in [2.05, 4.69) is 5.32 Å². The molecule has 1 aliphatic heterocycles. The number of hydrogen-bond donors (Lipinski definition) is 3. The topological polar surface area (TPSA) is 69.6 Å². The van der Waals surface area contributed by atoms with Gasteiger partial charge in [-0.15, -0.1) is 0 Å². The van der Waals surface area contributed by atoms with Gasteiger partial charge in [0.25, 0.3) is 0 Å². The quantitative estimate of drug-likeness (QED) is 0.628. The van der Waals surface area contributed by atoms with Gasteiger partial charge in [-0.3, -0.25) is 4.79 Å². The number of amides is 1. The summed E-state index contributed by atoms with van der Waals surface area (Å²) in [6, 6.07) is 5.19. The van der Waals surface area contributed by atoms with Crippen molar-refractivity contribution in [3.63, 3.8) is 0 Å². The van der Waals surface area contributed by atoms with Crippen LogP contribution in [-0.2, 0) is 11.2 Å². The summed E-state index contributed by atoms with van der Waals surface area (Å²) in [7, 11) is 0. The number of nitrogens with one attached hydrogen (secondary N) is 1. The Morgan fingerprint density at radius 3 is 3.00 bits per heavy atom. The first-order valence-corrected chi connectivity index (χ1v) is 4.42. The Hall–Kier alpha value is -1.39. The Kier molecular flexibility index (Phi) is 2.23. The second kappa shape index (κ2) is 3.40. The molecule has 0 fully saturated rings. The van der Waals surface area contributed by atoms with E-state index in [0.717, 1.165) is 11.3 Å². The van der Waals surface area contributed by atoms with Crippen molar-refractivity contribution in [2.24, 2.45) is 0 Å². The summed E-state index contributed by atoms with van der Waals surface area (Å²) in [5.41, 5.74) is 2.31. The maximum atomic E-state index is 11.0. The summed E-state index contributed by atoms with van der Waals surface area (Å²) in [5, 5.41) is 20.8. The standard InChI is InChI=1S/C10H11NO3/c12-5-9(13)6-1-2-8-7(3-6)4-10(14)11-8/h1-3,9,12-13H,4-5H2,(H,11,14). The van der Waals surface area contributed by atoms with Crippen molar-refractivity contribution >= 4 is 11.6 Å². The zero-order valence-electron chi connectivity index (χ0n) is 7.53. The molecule has 1 aliphatic rings. The van der Waals surface area contributed by atoms with Gasteiger partial charge < -0.3 is 15.5 Å². The first kappa shape index (κ1) is 9.18. The van der Waals surface area contributed by atoms with Crippen LogP contribution >= 0.6 is 0 Å². The van der Waals surface area contributed by atoms with E-state index in [1.165, 1.54) is 0 Å². The van der Waals surface area contributed by atoms with Gasteiger partial charge in [0, 0.05) is 5.69 Å². The van der Waals surface area contributed by atoms with Crippen LogP contribution in [0.1, 0.15) is 17.2 Å². The lowest BCUT2D eigenvalue weighted by molar-refractivity contribution is -0.115. The molecular formula is C10H11NO3. The minimum Gasteiger partial charge on any atom is -0.393 e. The summed E-state index contributed by atoms with van der Waals surface area (Å²) in [6.45, 7) is -0.305. The van der Waals surface area contributed by atoms with Crippen LogP contribution in [0.3, 0.4) is 0 Å². The molecule has 3 N–H and O–H groups in total. The number of benzene rings is 1. The molecule has 1 unspecified atom stereocenters. The maximum absolute atomic E-state index is 11.0. The largest absolute Gasteiger partial charge is 0.393 e. The Balaban J connectivity index is 2.32. The third kappa shape index (κ3) is 1.49. The van der Waals surface area contributed by atoms with Crippen LogP contribution in [0.25, 0.3) is 0 Å². The van der Waals surface area contributed by atoms with Gasteiger partial charge in [-0.1, -0.05) is 12.1 Å². The Labute approximate surface area is 81.2 Å². The first-order chi connectivity index (χ1) is 6.70. The second-order valence-corrected chi connectivity index (χ2v) is 3.34. The number of hydrogen-bond acceptors (Lipinski definition) is 3. The molecule has 14 heavy (non-hydrogen) atoms. The van der Waals surface area contributed by atoms with Gasteiger partial charge in [-0.25, -0.2) is 0 Å². The van der Waals surface area contributed by atoms with E-state index >= 15 is 0 Å². The Bertz CT molecular complexity index is 376. The van der Waals surface area contributed by atoms with Crippen LogP contribution in [-0.4, -0.2) is 22.7 Å². The number of carbonyl (C=O) groups is 1. The molecule has 4 nitrogen and oxygen atoms in total. The van der Waals surface area contributed by atoms with Gasteiger partial charge in [0.15, 0.2) is 0 Å². The van der Waals surface area contributed by atoms with Crippen molar-refractivity contribution in [3.8, 4) is 0 Å².